The standard InChI is InChI=1S/C15H20N6S/c1-10-3-14(17-9-16-10)21-6-12-4-20(5-13(12)7-21)8-15-19-18-11(2)22-15/h3,9,12-13H,4-8H2,1-2H3. The van der Waals surface area contributed by atoms with E-state index in [1.165, 1.54) is 0 Å². The van der Waals surface area contributed by atoms with Crippen LogP contribution < -0.4 is 4.90 Å². The number of likely N-dealkylation sites (tertiary alicyclic amines) is 1. The highest BCUT2D eigenvalue weighted by atomic mass is 32.1. The molecule has 0 amide bonds. The summed E-state index contributed by atoms with van der Waals surface area (Å²) >= 11 is 1.71. The van der Waals surface area contributed by atoms with Crippen molar-refractivity contribution in [2.24, 2.45) is 11.8 Å². The fourth-order valence-corrected chi connectivity index (χ4v) is 4.36. The lowest BCUT2D eigenvalue weighted by atomic mass is 10.0. The molecule has 116 valence electrons. The van der Waals surface area contributed by atoms with Crippen LogP contribution in [0.1, 0.15) is 15.7 Å². The summed E-state index contributed by atoms with van der Waals surface area (Å²) in [7, 11) is 0. The van der Waals surface area contributed by atoms with Gasteiger partial charge >= 0.3 is 0 Å². The Hall–Kier alpha value is -1.60. The minimum atomic E-state index is 0.740. The minimum Gasteiger partial charge on any atom is -0.356 e. The van der Waals surface area contributed by atoms with Crippen LogP contribution in [0.4, 0.5) is 5.82 Å². The number of hydrogen-bond acceptors (Lipinski definition) is 7. The van der Waals surface area contributed by atoms with Crippen LogP contribution >= 0.6 is 11.3 Å². The van der Waals surface area contributed by atoms with Crippen LogP contribution in [0.2, 0.25) is 0 Å². The summed E-state index contributed by atoms with van der Waals surface area (Å²) in [6.45, 7) is 9.51. The van der Waals surface area contributed by atoms with Crippen LogP contribution in [0.3, 0.4) is 0 Å². The second kappa shape index (κ2) is 5.55. The molecule has 0 radical (unpaired) electrons. The van der Waals surface area contributed by atoms with Gasteiger partial charge in [-0.05, 0) is 25.7 Å². The molecule has 7 heteroatoms. The lowest BCUT2D eigenvalue weighted by Gasteiger charge is -2.21. The molecule has 0 spiro atoms. The van der Waals surface area contributed by atoms with Gasteiger partial charge in [-0.25, -0.2) is 9.97 Å². The van der Waals surface area contributed by atoms with Gasteiger partial charge in [-0.15, -0.1) is 21.5 Å². The van der Waals surface area contributed by atoms with Crippen LogP contribution in [-0.4, -0.2) is 51.2 Å². The number of fused-ring (bicyclic) bond motifs is 1. The molecule has 0 N–H and O–H groups in total. The van der Waals surface area contributed by atoms with Gasteiger partial charge in [0, 0.05) is 37.9 Å². The fourth-order valence-electron chi connectivity index (χ4n) is 3.61. The molecule has 0 aromatic carbocycles. The maximum atomic E-state index is 4.42. The summed E-state index contributed by atoms with van der Waals surface area (Å²) in [6, 6.07) is 2.09. The van der Waals surface area contributed by atoms with Crippen molar-refractivity contribution < 1.29 is 0 Å². The van der Waals surface area contributed by atoms with E-state index in [1.54, 1.807) is 17.7 Å². The monoisotopic (exact) mass is 316 g/mol. The largest absolute Gasteiger partial charge is 0.356 e. The molecule has 6 nitrogen and oxygen atoms in total. The lowest BCUT2D eigenvalue weighted by molar-refractivity contribution is 0.307. The van der Waals surface area contributed by atoms with Gasteiger partial charge in [0.25, 0.3) is 0 Å². The van der Waals surface area contributed by atoms with Gasteiger partial charge in [0.05, 0.1) is 6.54 Å². The van der Waals surface area contributed by atoms with Crippen LogP contribution in [0.15, 0.2) is 12.4 Å². The van der Waals surface area contributed by atoms with E-state index in [9.17, 15) is 0 Å². The maximum absolute atomic E-state index is 4.42. The first-order chi connectivity index (χ1) is 10.7. The van der Waals surface area contributed by atoms with Gasteiger partial charge in [-0.1, -0.05) is 0 Å². The van der Waals surface area contributed by atoms with E-state index in [4.69, 9.17) is 0 Å². The first kappa shape index (κ1) is 14.0. The summed E-state index contributed by atoms with van der Waals surface area (Å²) in [4.78, 5) is 13.5. The van der Waals surface area contributed by atoms with Gasteiger partial charge in [-0.3, -0.25) is 4.90 Å². The van der Waals surface area contributed by atoms with Gasteiger partial charge < -0.3 is 4.90 Å². The number of aromatic nitrogens is 4. The van der Waals surface area contributed by atoms with Crippen molar-refractivity contribution in [3.8, 4) is 0 Å². The van der Waals surface area contributed by atoms with E-state index in [1.807, 2.05) is 13.8 Å². The molecular formula is C15H20N6S. The number of aryl methyl sites for hydroxylation is 2. The number of anilines is 1. The molecule has 0 saturated carbocycles. The fraction of sp³-hybridized carbons (Fsp3) is 0.600. The van der Waals surface area contributed by atoms with E-state index in [-0.39, 0.29) is 0 Å². The number of hydrogen-bond donors (Lipinski definition) is 0. The van der Waals surface area contributed by atoms with Gasteiger partial charge in [0.2, 0.25) is 0 Å². The highest BCUT2D eigenvalue weighted by molar-refractivity contribution is 7.11. The predicted octanol–water partition coefficient (Wildman–Crippen LogP) is 1.51. The molecule has 2 aliphatic heterocycles. The summed E-state index contributed by atoms with van der Waals surface area (Å²) in [5.74, 6) is 2.56. The Labute approximate surface area is 134 Å². The molecule has 2 aromatic rings. The zero-order valence-electron chi connectivity index (χ0n) is 12.9. The average Bonchev–Trinajstić information content (AvgIpc) is 3.14. The normalized spacial score (nSPS) is 24.9. The van der Waals surface area contributed by atoms with Crippen molar-refractivity contribution in [3.63, 3.8) is 0 Å². The third kappa shape index (κ3) is 2.70. The maximum Gasteiger partial charge on any atom is 0.132 e. The number of rotatable bonds is 3. The molecule has 4 rings (SSSR count). The molecular weight excluding hydrogens is 296 g/mol. The first-order valence-corrected chi connectivity index (χ1v) is 8.54. The lowest BCUT2D eigenvalue weighted by Crippen LogP contribution is -2.29. The summed E-state index contributed by atoms with van der Waals surface area (Å²) < 4.78 is 0. The van der Waals surface area contributed by atoms with E-state index in [0.29, 0.717) is 0 Å². The zero-order chi connectivity index (χ0) is 15.1. The van der Waals surface area contributed by atoms with Crippen LogP contribution in [0.5, 0.6) is 0 Å². The first-order valence-electron chi connectivity index (χ1n) is 7.72. The number of nitrogens with zero attached hydrogens (tertiary/aromatic N) is 6. The third-order valence-electron chi connectivity index (χ3n) is 4.60. The van der Waals surface area contributed by atoms with Crippen molar-refractivity contribution in [1.82, 2.24) is 25.1 Å². The Morgan fingerprint density at radius 2 is 1.86 bits per heavy atom. The highest BCUT2D eigenvalue weighted by Gasteiger charge is 2.40. The summed E-state index contributed by atoms with van der Waals surface area (Å²) in [5.41, 5.74) is 1.04. The Bertz CT molecular complexity index is 658. The van der Waals surface area contributed by atoms with Crippen molar-refractivity contribution >= 4 is 17.2 Å². The Balaban J connectivity index is 1.38. The van der Waals surface area contributed by atoms with Crippen LogP contribution in [0.25, 0.3) is 0 Å². The quantitative estimate of drug-likeness (QED) is 0.855. The van der Waals surface area contributed by atoms with Crippen LogP contribution in [0, 0.1) is 25.7 Å². The molecule has 22 heavy (non-hydrogen) atoms. The Kier molecular flexibility index (Phi) is 3.54. The summed E-state index contributed by atoms with van der Waals surface area (Å²) in [5, 5.41) is 10.6. The highest BCUT2D eigenvalue weighted by Crippen LogP contribution is 2.34. The second-order valence-electron chi connectivity index (χ2n) is 6.35. The van der Waals surface area contributed by atoms with Gasteiger partial charge in [-0.2, -0.15) is 0 Å². The SMILES string of the molecule is Cc1cc(N2CC3CN(Cc4nnc(C)s4)CC3C2)ncn1. The Morgan fingerprint density at radius 1 is 1.09 bits per heavy atom. The molecule has 2 unspecified atom stereocenters. The van der Waals surface area contributed by atoms with E-state index < -0.39 is 0 Å². The Morgan fingerprint density at radius 3 is 2.50 bits per heavy atom. The minimum absolute atomic E-state index is 0.740. The van der Waals surface area contributed by atoms with E-state index in [2.05, 4.69) is 36.0 Å². The molecule has 0 bridgehead atoms. The topological polar surface area (TPSA) is 58.0 Å². The zero-order valence-corrected chi connectivity index (χ0v) is 13.8. The average molecular weight is 316 g/mol. The van der Waals surface area contributed by atoms with Crippen molar-refractivity contribution in [2.45, 2.75) is 20.4 Å². The van der Waals surface area contributed by atoms with Crippen molar-refractivity contribution in [1.29, 1.82) is 0 Å². The van der Waals surface area contributed by atoms with Gasteiger partial charge in [0.1, 0.15) is 22.2 Å². The summed E-state index contributed by atoms with van der Waals surface area (Å²) in [6.07, 6.45) is 1.67. The predicted molar refractivity (Wildman–Crippen MR) is 85.9 cm³/mol. The van der Waals surface area contributed by atoms with Crippen LogP contribution in [-0.2, 0) is 6.54 Å². The second-order valence-corrected chi connectivity index (χ2v) is 7.62. The molecule has 4 heterocycles. The molecule has 2 fully saturated rings. The van der Waals surface area contributed by atoms with E-state index >= 15 is 0 Å². The molecule has 2 saturated heterocycles. The molecule has 2 aliphatic rings. The van der Waals surface area contributed by atoms with Crippen molar-refractivity contribution in [2.75, 3.05) is 31.1 Å². The van der Waals surface area contributed by atoms with E-state index in [0.717, 1.165) is 66.1 Å². The molecule has 2 aromatic heterocycles. The third-order valence-corrected chi connectivity index (χ3v) is 5.43. The van der Waals surface area contributed by atoms with Crippen molar-refractivity contribution in [3.05, 3.63) is 28.1 Å². The smallest absolute Gasteiger partial charge is 0.132 e. The molecule has 0 aliphatic carbocycles. The molecule has 2 atom stereocenters. The van der Waals surface area contributed by atoms with Gasteiger partial charge in [0.15, 0.2) is 0 Å².